The molecule has 0 aliphatic heterocycles. The van der Waals surface area contributed by atoms with Gasteiger partial charge >= 0.3 is 0 Å². The Kier molecular flexibility index (Phi) is 5.01. The minimum atomic E-state index is 0.865. The van der Waals surface area contributed by atoms with E-state index in [9.17, 15) is 0 Å². The molecule has 2 aromatic heterocycles. The number of rotatable bonds is 7. The third-order valence-electron chi connectivity index (χ3n) is 6.59. The van der Waals surface area contributed by atoms with Crippen molar-refractivity contribution in [3.63, 3.8) is 0 Å². The fourth-order valence-corrected chi connectivity index (χ4v) is 5.15. The second-order valence-electron chi connectivity index (χ2n) is 8.44. The zero-order valence-corrected chi connectivity index (χ0v) is 18.7. The Morgan fingerprint density at radius 1 is 0.742 bits per heavy atom. The second-order valence-corrected chi connectivity index (χ2v) is 8.44. The number of ether oxygens (including phenoxy) is 1. The molecule has 0 unspecified atom stereocenters. The van der Waals surface area contributed by atoms with Crippen molar-refractivity contribution >= 4 is 49.3 Å². The van der Waals surface area contributed by atoms with Crippen molar-refractivity contribution in [1.29, 1.82) is 0 Å². The van der Waals surface area contributed by atoms with E-state index in [0.717, 1.165) is 72.0 Å². The fraction of sp³-hybridized carbons (Fsp3) is 0.333. The van der Waals surface area contributed by atoms with Crippen molar-refractivity contribution < 1.29 is 4.74 Å². The number of methoxy groups -OCH3 is 1. The highest BCUT2D eigenvalue weighted by Gasteiger charge is 2.25. The number of benzene rings is 3. The van der Waals surface area contributed by atoms with Crippen LogP contribution in [0.4, 0.5) is 5.69 Å². The zero-order chi connectivity index (χ0) is 21.5. The largest absolute Gasteiger partial charge is 0.492 e. The van der Waals surface area contributed by atoms with E-state index in [1.807, 2.05) is 0 Å². The number of para-hydroxylation sites is 2. The lowest BCUT2D eigenvalue weighted by Gasteiger charge is -2.15. The minimum Gasteiger partial charge on any atom is -0.492 e. The standard InChI is InChI=1S/C27H31N3O/c1-4-6-16-29-20-14-10-8-12-18(20)22-24(28)23-19-13-9-11-15-21(19)30(17-7-5-2)26(23)27(31-3)25(22)29/h8-15H,4-7,16-17,28H2,1-3H3. The maximum absolute atomic E-state index is 7.01. The molecule has 0 bridgehead atoms. The average Bonchev–Trinajstić information content (AvgIpc) is 3.30. The number of hydrogen-bond donors (Lipinski definition) is 1. The van der Waals surface area contributed by atoms with Crippen LogP contribution in [0.25, 0.3) is 43.6 Å². The Hall–Kier alpha value is -3.14. The lowest BCUT2D eigenvalue weighted by molar-refractivity contribution is 0.419. The Labute approximate surface area is 183 Å². The van der Waals surface area contributed by atoms with Crippen molar-refractivity contribution in [2.45, 2.75) is 52.6 Å². The summed E-state index contributed by atoms with van der Waals surface area (Å²) in [5, 5.41) is 4.65. The van der Waals surface area contributed by atoms with Gasteiger partial charge in [0.25, 0.3) is 0 Å². The van der Waals surface area contributed by atoms with Crippen LogP contribution in [0.1, 0.15) is 39.5 Å². The SMILES string of the molecule is CCCCn1c2ccccc2c2c(N)c3c4ccccc4n(CCCC)c3c(OC)c21. The number of anilines is 1. The third kappa shape index (κ3) is 2.81. The van der Waals surface area contributed by atoms with Gasteiger partial charge in [-0.1, -0.05) is 63.1 Å². The molecule has 4 heteroatoms. The monoisotopic (exact) mass is 413 g/mol. The van der Waals surface area contributed by atoms with Crippen LogP contribution in [-0.4, -0.2) is 16.2 Å². The minimum absolute atomic E-state index is 0.865. The van der Waals surface area contributed by atoms with Crippen LogP contribution < -0.4 is 10.5 Å². The number of fused-ring (bicyclic) bond motifs is 6. The summed E-state index contributed by atoms with van der Waals surface area (Å²) in [6.45, 7) is 6.38. The van der Waals surface area contributed by atoms with Gasteiger partial charge in [-0.05, 0) is 25.0 Å². The van der Waals surface area contributed by atoms with Gasteiger partial charge in [-0.25, -0.2) is 0 Å². The van der Waals surface area contributed by atoms with Crippen molar-refractivity contribution in [2.75, 3.05) is 12.8 Å². The molecule has 3 aromatic carbocycles. The first kappa shape index (κ1) is 19.8. The van der Waals surface area contributed by atoms with E-state index in [-0.39, 0.29) is 0 Å². The summed E-state index contributed by atoms with van der Waals surface area (Å²) >= 11 is 0. The van der Waals surface area contributed by atoms with Gasteiger partial charge in [0, 0.05) is 45.7 Å². The predicted octanol–water partition coefficient (Wildman–Crippen LogP) is 7.09. The number of aromatic nitrogens is 2. The Morgan fingerprint density at radius 2 is 1.19 bits per heavy atom. The molecule has 0 saturated heterocycles. The van der Waals surface area contributed by atoms with Gasteiger partial charge in [0.05, 0.1) is 23.8 Å². The van der Waals surface area contributed by atoms with Crippen LogP contribution in [-0.2, 0) is 13.1 Å². The molecule has 0 saturated carbocycles. The molecule has 5 aromatic rings. The van der Waals surface area contributed by atoms with Gasteiger partial charge in [0.1, 0.15) is 0 Å². The number of nitrogens with two attached hydrogens (primary N) is 1. The molecular weight excluding hydrogens is 382 g/mol. The molecule has 31 heavy (non-hydrogen) atoms. The number of aryl methyl sites for hydroxylation is 2. The molecule has 2 N–H and O–H groups in total. The summed E-state index contributed by atoms with van der Waals surface area (Å²) in [7, 11) is 1.80. The van der Waals surface area contributed by atoms with Crippen LogP contribution >= 0.6 is 0 Å². The van der Waals surface area contributed by atoms with E-state index in [4.69, 9.17) is 10.5 Å². The van der Waals surface area contributed by atoms with Gasteiger partial charge < -0.3 is 19.6 Å². The fourth-order valence-electron chi connectivity index (χ4n) is 5.15. The molecule has 0 aliphatic rings. The predicted molar refractivity (Wildman–Crippen MR) is 133 cm³/mol. The third-order valence-corrected chi connectivity index (χ3v) is 6.59. The molecule has 0 spiro atoms. The van der Waals surface area contributed by atoms with Gasteiger partial charge in [-0.2, -0.15) is 0 Å². The van der Waals surface area contributed by atoms with E-state index in [1.54, 1.807) is 7.11 Å². The van der Waals surface area contributed by atoms with Crippen LogP contribution in [0.15, 0.2) is 48.5 Å². The zero-order valence-electron chi connectivity index (χ0n) is 18.7. The summed E-state index contributed by atoms with van der Waals surface area (Å²) in [6.07, 6.45) is 4.52. The molecule has 160 valence electrons. The number of unbranched alkanes of at least 4 members (excludes halogenated alkanes) is 2. The van der Waals surface area contributed by atoms with Gasteiger partial charge in [-0.3, -0.25) is 0 Å². The summed E-state index contributed by atoms with van der Waals surface area (Å²) in [6, 6.07) is 17.2. The van der Waals surface area contributed by atoms with E-state index in [2.05, 4.69) is 71.5 Å². The molecular formula is C27H31N3O. The van der Waals surface area contributed by atoms with Crippen molar-refractivity contribution in [1.82, 2.24) is 9.13 Å². The maximum atomic E-state index is 7.01. The van der Waals surface area contributed by atoms with Crippen molar-refractivity contribution in [3.8, 4) is 5.75 Å². The van der Waals surface area contributed by atoms with Crippen molar-refractivity contribution in [3.05, 3.63) is 48.5 Å². The lowest BCUT2D eigenvalue weighted by Crippen LogP contribution is -2.03. The molecule has 0 amide bonds. The number of hydrogen-bond acceptors (Lipinski definition) is 2. The average molecular weight is 414 g/mol. The van der Waals surface area contributed by atoms with Crippen molar-refractivity contribution in [2.24, 2.45) is 0 Å². The maximum Gasteiger partial charge on any atom is 0.167 e. The van der Waals surface area contributed by atoms with Crippen LogP contribution in [0, 0.1) is 0 Å². The van der Waals surface area contributed by atoms with Crippen LogP contribution in [0.3, 0.4) is 0 Å². The van der Waals surface area contributed by atoms with Gasteiger partial charge in [0.15, 0.2) is 5.75 Å². The first-order valence-electron chi connectivity index (χ1n) is 11.5. The first-order chi connectivity index (χ1) is 15.2. The summed E-state index contributed by atoms with van der Waals surface area (Å²) < 4.78 is 11.0. The number of nitrogen functional groups attached to an aromatic ring is 1. The lowest BCUT2D eigenvalue weighted by atomic mass is 10.0. The van der Waals surface area contributed by atoms with Crippen LogP contribution in [0.2, 0.25) is 0 Å². The first-order valence-corrected chi connectivity index (χ1v) is 11.5. The van der Waals surface area contributed by atoms with E-state index >= 15 is 0 Å². The second kappa shape index (κ2) is 7.84. The highest BCUT2D eigenvalue weighted by molar-refractivity contribution is 6.29. The highest BCUT2D eigenvalue weighted by atomic mass is 16.5. The number of nitrogens with zero attached hydrogens (tertiary/aromatic N) is 2. The van der Waals surface area contributed by atoms with Gasteiger partial charge in [0.2, 0.25) is 0 Å². The topological polar surface area (TPSA) is 45.1 Å². The molecule has 0 aliphatic carbocycles. The van der Waals surface area contributed by atoms with E-state index in [0.29, 0.717) is 0 Å². The quantitative estimate of drug-likeness (QED) is 0.289. The Morgan fingerprint density at radius 3 is 1.61 bits per heavy atom. The van der Waals surface area contributed by atoms with Crippen LogP contribution in [0.5, 0.6) is 5.75 Å². The summed E-state index contributed by atoms with van der Waals surface area (Å²) in [4.78, 5) is 0. The smallest absolute Gasteiger partial charge is 0.167 e. The Balaban J connectivity index is 2.04. The molecule has 2 heterocycles. The summed E-state index contributed by atoms with van der Waals surface area (Å²) in [5.41, 5.74) is 12.6. The summed E-state index contributed by atoms with van der Waals surface area (Å²) in [5.74, 6) is 0.943. The molecule has 0 atom stereocenters. The van der Waals surface area contributed by atoms with Gasteiger partial charge in [-0.15, -0.1) is 0 Å². The van der Waals surface area contributed by atoms with E-state index < -0.39 is 0 Å². The highest BCUT2D eigenvalue weighted by Crippen LogP contribution is 2.48. The molecule has 0 fully saturated rings. The van der Waals surface area contributed by atoms with E-state index in [1.165, 1.54) is 21.8 Å². The molecule has 5 rings (SSSR count). The Bertz CT molecular complexity index is 1300. The molecule has 0 radical (unpaired) electrons. The normalized spacial score (nSPS) is 12.0. The molecule has 4 nitrogen and oxygen atoms in total.